The molecule has 4 nitrogen and oxygen atoms in total. The molecule has 0 atom stereocenters. The predicted molar refractivity (Wildman–Crippen MR) is 96.3 cm³/mol. The molecule has 1 aromatic heterocycles. The van der Waals surface area contributed by atoms with Crippen molar-refractivity contribution in [1.29, 1.82) is 0 Å². The predicted octanol–water partition coefficient (Wildman–Crippen LogP) is 4.10. The molecule has 0 aliphatic heterocycles. The van der Waals surface area contributed by atoms with Gasteiger partial charge in [-0.1, -0.05) is 25.1 Å². The van der Waals surface area contributed by atoms with Crippen LogP contribution in [0.2, 0.25) is 0 Å². The minimum absolute atomic E-state index is 0.121. The summed E-state index contributed by atoms with van der Waals surface area (Å²) < 4.78 is 6.28. The summed E-state index contributed by atoms with van der Waals surface area (Å²) in [4.78, 5) is 26.8. The molecule has 0 bridgehead atoms. The van der Waals surface area contributed by atoms with Gasteiger partial charge in [-0.15, -0.1) is 11.3 Å². The number of benzene rings is 1. The lowest BCUT2D eigenvalue weighted by Crippen LogP contribution is -2.41. The van der Waals surface area contributed by atoms with Crippen LogP contribution in [0.1, 0.15) is 42.3 Å². The van der Waals surface area contributed by atoms with E-state index in [1.807, 2.05) is 37.4 Å². The quantitative estimate of drug-likeness (QED) is 0.784. The highest BCUT2D eigenvalue weighted by molar-refractivity contribution is 7.20. The average Bonchev–Trinajstić information content (AvgIpc) is 3.03. The van der Waals surface area contributed by atoms with Crippen molar-refractivity contribution in [2.45, 2.75) is 38.6 Å². The molecule has 1 amide bonds. The molecule has 1 fully saturated rings. The Balaban J connectivity index is 1.54. The van der Waals surface area contributed by atoms with Gasteiger partial charge in [-0.25, -0.2) is 4.79 Å². The molecule has 1 aromatic carbocycles. The zero-order chi connectivity index (χ0) is 17.1. The Hall–Kier alpha value is -1.88. The van der Waals surface area contributed by atoms with Gasteiger partial charge in [0.15, 0.2) is 6.61 Å². The average molecular weight is 345 g/mol. The zero-order valence-electron chi connectivity index (χ0n) is 14.2. The maximum atomic E-state index is 12.3. The van der Waals surface area contributed by atoms with Gasteiger partial charge in [-0.3, -0.25) is 4.79 Å². The molecule has 24 heavy (non-hydrogen) atoms. The summed E-state index contributed by atoms with van der Waals surface area (Å²) in [5.41, 5.74) is 0. The van der Waals surface area contributed by atoms with Gasteiger partial charge >= 0.3 is 5.97 Å². The van der Waals surface area contributed by atoms with E-state index in [0.717, 1.165) is 41.7 Å². The molecule has 128 valence electrons. The van der Waals surface area contributed by atoms with Gasteiger partial charge in [0, 0.05) is 17.8 Å². The maximum absolute atomic E-state index is 12.3. The molecule has 1 saturated carbocycles. The smallest absolute Gasteiger partial charge is 0.348 e. The summed E-state index contributed by atoms with van der Waals surface area (Å²) >= 11 is 1.39. The van der Waals surface area contributed by atoms with Crippen LogP contribution < -0.4 is 0 Å². The Kier molecular flexibility index (Phi) is 5.19. The number of fused-ring (bicyclic) bond motifs is 1. The maximum Gasteiger partial charge on any atom is 0.348 e. The number of carbonyl (C=O) groups excluding carboxylic acids is 2. The second-order valence-electron chi connectivity index (χ2n) is 6.64. The van der Waals surface area contributed by atoms with Crippen molar-refractivity contribution in [3.05, 3.63) is 35.2 Å². The van der Waals surface area contributed by atoms with Gasteiger partial charge in [0.2, 0.25) is 0 Å². The van der Waals surface area contributed by atoms with Crippen molar-refractivity contribution in [1.82, 2.24) is 4.90 Å². The number of thiophene rings is 1. The van der Waals surface area contributed by atoms with E-state index in [4.69, 9.17) is 4.74 Å². The van der Waals surface area contributed by atoms with Crippen LogP contribution in [0.4, 0.5) is 0 Å². The monoisotopic (exact) mass is 345 g/mol. The van der Waals surface area contributed by atoms with Crippen LogP contribution in [-0.2, 0) is 9.53 Å². The number of esters is 1. The van der Waals surface area contributed by atoms with E-state index in [9.17, 15) is 9.59 Å². The normalized spacial score (nSPS) is 20.8. The van der Waals surface area contributed by atoms with Gasteiger partial charge in [-0.2, -0.15) is 0 Å². The standard InChI is InChI=1S/C19H23NO3S/c1-13-7-9-15(10-8-13)20(2)18(21)12-23-19(22)17-11-14-5-3-4-6-16(14)24-17/h3-6,11,13,15H,7-10,12H2,1-2H3. The van der Waals surface area contributed by atoms with Crippen molar-refractivity contribution in [3.63, 3.8) is 0 Å². The van der Waals surface area contributed by atoms with E-state index in [0.29, 0.717) is 4.88 Å². The summed E-state index contributed by atoms with van der Waals surface area (Å²) in [5.74, 6) is 0.203. The molecule has 0 saturated heterocycles. The zero-order valence-corrected chi connectivity index (χ0v) is 15.0. The Morgan fingerprint density at radius 3 is 2.62 bits per heavy atom. The Morgan fingerprint density at radius 1 is 1.21 bits per heavy atom. The van der Waals surface area contributed by atoms with Crippen molar-refractivity contribution < 1.29 is 14.3 Å². The first-order valence-corrected chi connectivity index (χ1v) is 9.27. The second-order valence-corrected chi connectivity index (χ2v) is 7.73. The molecule has 0 N–H and O–H groups in total. The highest BCUT2D eigenvalue weighted by Gasteiger charge is 2.25. The SMILES string of the molecule is CC1CCC(N(C)C(=O)COC(=O)c2cc3ccccc3s2)CC1. The Morgan fingerprint density at radius 2 is 1.92 bits per heavy atom. The number of hydrogen-bond donors (Lipinski definition) is 0. The summed E-state index contributed by atoms with van der Waals surface area (Å²) in [6.45, 7) is 2.07. The first-order chi connectivity index (χ1) is 11.5. The molecule has 0 spiro atoms. The number of rotatable bonds is 4. The fraction of sp³-hybridized carbons (Fsp3) is 0.474. The molecule has 2 aromatic rings. The van der Waals surface area contributed by atoms with E-state index in [2.05, 4.69) is 6.92 Å². The van der Waals surface area contributed by atoms with Crippen LogP contribution in [0.15, 0.2) is 30.3 Å². The van der Waals surface area contributed by atoms with Gasteiger partial charge in [0.05, 0.1) is 0 Å². The third-order valence-electron chi connectivity index (χ3n) is 4.88. The minimum atomic E-state index is -0.421. The molecule has 3 rings (SSSR count). The summed E-state index contributed by atoms with van der Waals surface area (Å²) in [5, 5.41) is 1.02. The third-order valence-corrected chi connectivity index (χ3v) is 5.98. The van der Waals surface area contributed by atoms with E-state index >= 15 is 0 Å². The molecule has 1 aliphatic rings. The van der Waals surface area contributed by atoms with Gasteiger partial charge in [-0.05, 0) is 49.1 Å². The summed E-state index contributed by atoms with van der Waals surface area (Å²) in [6.07, 6.45) is 4.38. The van der Waals surface area contributed by atoms with Crippen LogP contribution in [0.5, 0.6) is 0 Å². The molecule has 1 aliphatic carbocycles. The Bertz CT molecular complexity index is 698. The molecule has 5 heteroatoms. The minimum Gasteiger partial charge on any atom is -0.451 e. The third kappa shape index (κ3) is 3.78. The largest absolute Gasteiger partial charge is 0.451 e. The van der Waals surface area contributed by atoms with Crippen LogP contribution >= 0.6 is 11.3 Å². The fourth-order valence-electron chi connectivity index (χ4n) is 3.22. The van der Waals surface area contributed by atoms with Crippen molar-refractivity contribution in [3.8, 4) is 0 Å². The van der Waals surface area contributed by atoms with Gasteiger partial charge < -0.3 is 9.64 Å². The number of ether oxygens (including phenoxy) is 1. The molecule has 0 radical (unpaired) electrons. The Labute approximate surface area is 146 Å². The fourth-order valence-corrected chi connectivity index (χ4v) is 4.17. The number of nitrogens with zero attached hydrogens (tertiary/aromatic N) is 1. The second kappa shape index (κ2) is 7.34. The molecular weight excluding hydrogens is 322 g/mol. The lowest BCUT2D eigenvalue weighted by molar-refractivity contribution is -0.136. The van der Waals surface area contributed by atoms with Crippen LogP contribution in [0, 0.1) is 5.92 Å². The molecular formula is C19H23NO3S. The summed E-state index contributed by atoms with van der Waals surface area (Å²) in [6, 6.07) is 9.91. The molecule has 1 heterocycles. The van der Waals surface area contributed by atoms with E-state index < -0.39 is 5.97 Å². The summed E-state index contributed by atoms with van der Waals surface area (Å²) in [7, 11) is 1.82. The van der Waals surface area contributed by atoms with Crippen LogP contribution in [-0.4, -0.2) is 36.5 Å². The first-order valence-electron chi connectivity index (χ1n) is 8.46. The lowest BCUT2D eigenvalue weighted by atomic mass is 9.87. The number of likely N-dealkylation sites (N-methyl/N-ethyl adjacent to an activating group) is 1. The number of carbonyl (C=O) groups is 2. The van der Waals surface area contributed by atoms with Crippen LogP contribution in [0.3, 0.4) is 0 Å². The lowest BCUT2D eigenvalue weighted by Gasteiger charge is -2.33. The van der Waals surface area contributed by atoms with Crippen molar-refractivity contribution >= 4 is 33.3 Å². The van der Waals surface area contributed by atoms with Crippen molar-refractivity contribution in [2.75, 3.05) is 13.7 Å². The highest BCUT2D eigenvalue weighted by atomic mass is 32.1. The number of amides is 1. The van der Waals surface area contributed by atoms with E-state index in [1.54, 1.807) is 4.90 Å². The van der Waals surface area contributed by atoms with E-state index in [-0.39, 0.29) is 18.6 Å². The first kappa shape index (κ1) is 17.0. The van der Waals surface area contributed by atoms with Gasteiger partial charge in [0.25, 0.3) is 5.91 Å². The van der Waals surface area contributed by atoms with Gasteiger partial charge in [0.1, 0.15) is 4.88 Å². The van der Waals surface area contributed by atoms with Crippen LogP contribution in [0.25, 0.3) is 10.1 Å². The highest BCUT2D eigenvalue weighted by Crippen LogP contribution is 2.27. The van der Waals surface area contributed by atoms with E-state index in [1.165, 1.54) is 11.3 Å². The van der Waals surface area contributed by atoms with Crippen molar-refractivity contribution in [2.24, 2.45) is 5.92 Å². The number of hydrogen-bond acceptors (Lipinski definition) is 4. The topological polar surface area (TPSA) is 46.6 Å². The molecule has 0 unspecified atom stereocenters.